The van der Waals surface area contributed by atoms with Gasteiger partial charge in [0.05, 0.1) is 5.56 Å². The first-order chi connectivity index (χ1) is 8.69. The minimum atomic E-state index is -0.168. The number of aryl methyl sites for hydroxylation is 1. The molecule has 2 aromatic heterocycles. The van der Waals surface area contributed by atoms with Crippen molar-refractivity contribution < 1.29 is 9.26 Å². The van der Waals surface area contributed by atoms with Crippen molar-refractivity contribution in [1.82, 2.24) is 14.7 Å². The first-order valence-electron chi connectivity index (χ1n) is 5.62. The van der Waals surface area contributed by atoms with Crippen LogP contribution in [0.1, 0.15) is 30.8 Å². The molecule has 6 heteroatoms. The number of ether oxygens (including phenoxy) is 1. The number of hydrogen-bond donors (Lipinski definition) is 0. The second kappa shape index (κ2) is 5.02. The summed E-state index contributed by atoms with van der Waals surface area (Å²) < 4.78 is 12.2. The summed E-state index contributed by atoms with van der Waals surface area (Å²) in [5.74, 6) is 0.916. The molecule has 0 saturated carbocycles. The van der Waals surface area contributed by atoms with Gasteiger partial charge in [0.1, 0.15) is 17.9 Å². The number of nitrogens with zero attached hydrogens (tertiary/aromatic N) is 4. The van der Waals surface area contributed by atoms with E-state index in [-0.39, 0.29) is 6.10 Å². The molecule has 0 aliphatic rings. The molecule has 2 rings (SSSR count). The minimum Gasteiger partial charge on any atom is -0.373 e. The van der Waals surface area contributed by atoms with Crippen molar-refractivity contribution in [2.24, 2.45) is 7.05 Å². The molecule has 18 heavy (non-hydrogen) atoms. The van der Waals surface area contributed by atoms with Gasteiger partial charge in [0.2, 0.25) is 5.82 Å². The third kappa shape index (κ3) is 2.13. The summed E-state index contributed by atoms with van der Waals surface area (Å²) >= 11 is 0. The highest BCUT2D eigenvalue weighted by molar-refractivity contribution is 5.52. The normalized spacial score (nSPS) is 12.3. The van der Waals surface area contributed by atoms with E-state index in [0.717, 1.165) is 12.1 Å². The summed E-state index contributed by atoms with van der Waals surface area (Å²) in [5, 5.41) is 12.7. The van der Waals surface area contributed by atoms with Gasteiger partial charge in [-0.25, -0.2) is 0 Å². The Kier molecular flexibility index (Phi) is 3.44. The van der Waals surface area contributed by atoms with Gasteiger partial charge in [0.15, 0.2) is 0 Å². The molecular weight excluding hydrogens is 232 g/mol. The lowest BCUT2D eigenvalue weighted by Crippen LogP contribution is -2.01. The van der Waals surface area contributed by atoms with Gasteiger partial charge in [0.25, 0.3) is 5.89 Å². The predicted octanol–water partition coefficient (Wildman–Crippen LogP) is 2.04. The molecule has 0 radical (unpaired) electrons. The van der Waals surface area contributed by atoms with Crippen LogP contribution in [0.4, 0.5) is 0 Å². The van der Waals surface area contributed by atoms with Crippen molar-refractivity contribution in [3.05, 3.63) is 23.7 Å². The van der Waals surface area contributed by atoms with Crippen molar-refractivity contribution in [3.63, 3.8) is 0 Å². The Bertz CT molecular complexity index is 575. The minimum absolute atomic E-state index is 0.168. The van der Waals surface area contributed by atoms with E-state index < -0.39 is 0 Å². The van der Waals surface area contributed by atoms with Gasteiger partial charge in [-0.1, -0.05) is 12.1 Å². The van der Waals surface area contributed by atoms with E-state index in [2.05, 4.69) is 16.2 Å². The summed E-state index contributed by atoms with van der Waals surface area (Å²) in [4.78, 5) is 4.30. The van der Waals surface area contributed by atoms with Crippen molar-refractivity contribution in [2.75, 3.05) is 7.11 Å². The highest BCUT2D eigenvalue weighted by Gasteiger charge is 2.18. The Hall–Kier alpha value is -2.13. The maximum absolute atomic E-state index is 8.84. The average molecular weight is 246 g/mol. The number of aromatic nitrogens is 3. The van der Waals surface area contributed by atoms with Crippen LogP contribution >= 0.6 is 0 Å². The Morgan fingerprint density at radius 3 is 2.94 bits per heavy atom. The second-order valence-electron chi connectivity index (χ2n) is 3.93. The molecule has 0 aliphatic carbocycles. The maximum atomic E-state index is 8.84. The molecule has 0 spiro atoms. The molecule has 0 aliphatic heterocycles. The predicted molar refractivity (Wildman–Crippen MR) is 63.5 cm³/mol. The molecule has 1 atom stereocenters. The zero-order valence-corrected chi connectivity index (χ0v) is 10.5. The Balaban J connectivity index is 2.35. The van der Waals surface area contributed by atoms with Crippen molar-refractivity contribution in [1.29, 1.82) is 5.26 Å². The molecule has 94 valence electrons. The van der Waals surface area contributed by atoms with Crippen molar-refractivity contribution in [2.45, 2.75) is 19.4 Å². The summed E-state index contributed by atoms with van der Waals surface area (Å²) in [7, 11) is 3.44. The van der Waals surface area contributed by atoms with E-state index in [0.29, 0.717) is 17.3 Å². The van der Waals surface area contributed by atoms with Gasteiger partial charge >= 0.3 is 0 Å². The highest BCUT2D eigenvalue weighted by atomic mass is 16.5. The van der Waals surface area contributed by atoms with Crippen LogP contribution in [0, 0.1) is 11.3 Å². The quantitative estimate of drug-likeness (QED) is 0.825. The van der Waals surface area contributed by atoms with Gasteiger partial charge in [-0.3, -0.25) is 0 Å². The summed E-state index contributed by atoms with van der Waals surface area (Å²) in [5.41, 5.74) is 1.28. The van der Waals surface area contributed by atoms with Crippen LogP contribution < -0.4 is 0 Å². The van der Waals surface area contributed by atoms with Gasteiger partial charge in [0, 0.05) is 20.4 Å². The van der Waals surface area contributed by atoms with Gasteiger partial charge in [-0.05, 0) is 12.5 Å². The fourth-order valence-electron chi connectivity index (χ4n) is 1.76. The Labute approximate surface area is 105 Å². The molecule has 2 heterocycles. The number of rotatable bonds is 4. The third-order valence-corrected chi connectivity index (χ3v) is 2.74. The molecule has 0 bridgehead atoms. The molecule has 1 unspecified atom stereocenters. The molecule has 0 saturated heterocycles. The summed E-state index contributed by atoms with van der Waals surface area (Å²) in [6, 6.07) is 3.79. The topological polar surface area (TPSA) is 76.9 Å². The molecule has 0 amide bonds. The van der Waals surface area contributed by atoms with E-state index in [4.69, 9.17) is 14.5 Å². The number of nitriles is 1. The lowest BCUT2D eigenvalue weighted by atomic mass is 10.2. The van der Waals surface area contributed by atoms with Crippen LogP contribution in [0.2, 0.25) is 0 Å². The van der Waals surface area contributed by atoms with Crippen LogP contribution in [-0.4, -0.2) is 21.8 Å². The maximum Gasteiger partial charge on any atom is 0.274 e. The van der Waals surface area contributed by atoms with Gasteiger partial charge in [-0.2, -0.15) is 10.2 Å². The van der Waals surface area contributed by atoms with Gasteiger partial charge < -0.3 is 13.8 Å². The Morgan fingerprint density at radius 1 is 1.61 bits per heavy atom. The van der Waals surface area contributed by atoms with E-state index in [1.807, 2.05) is 14.0 Å². The van der Waals surface area contributed by atoms with Crippen molar-refractivity contribution >= 4 is 0 Å². The zero-order valence-electron chi connectivity index (χ0n) is 10.5. The van der Waals surface area contributed by atoms with Crippen LogP contribution in [-0.2, 0) is 11.8 Å². The fraction of sp³-hybridized carbons (Fsp3) is 0.417. The van der Waals surface area contributed by atoms with Gasteiger partial charge in [-0.15, -0.1) is 0 Å². The standard InChI is InChI=1S/C12H14N4O2/c1-4-10(17-3)11-14-12(18-15-11)9-5-8(6-13)7-16(9)2/h5,7,10H,4H2,1-3H3. The molecule has 2 aromatic rings. The third-order valence-electron chi connectivity index (χ3n) is 2.74. The van der Waals surface area contributed by atoms with E-state index >= 15 is 0 Å². The van der Waals surface area contributed by atoms with Crippen LogP contribution in [0.15, 0.2) is 16.8 Å². The molecule has 0 aromatic carbocycles. The van der Waals surface area contributed by atoms with E-state index in [9.17, 15) is 0 Å². The molecule has 0 N–H and O–H groups in total. The van der Waals surface area contributed by atoms with E-state index in [1.165, 1.54) is 0 Å². The SMILES string of the molecule is CCC(OC)c1noc(-c2cc(C#N)cn2C)n1. The molecule has 6 nitrogen and oxygen atoms in total. The first kappa shape index (κ1) is 12.3. The van der Waals surface area contributed by atoms with Crippen LogP contribution in [0.5, 0.6) is 0 Å². The van der Waals surface area contributed by atoms with E-state index in [1.54, 1.807) is 23.9 Å². The lowest BCUT2D eigenvalue weighted by molar-refractivity contribution is 0.0903. The van der Waals surface area contributed by atoms with Crippen LogP contribution in [0.3, 0.4) is 0 Å². The lowest BCUT2D eigenvalue weighted by Gasteiger charge is -2.06. The van der Waals surface area contributed by atoms with Crippen LogP contribution in [0.25, 0.3) is 11.6 Å². The zero-order chi connectivity index (χ0) is 13.1. The fourth-order valence-corrected chi connectivity index (χ4v) is 1.76. The monoisotopic (exact) mass is 246 g/mol. The average Bonchev–Trinajstić information content (AvgIpc) is 2.97. The second-order valence-corrected chi connectivity index (χ2v) is 3.93. The summed E-state index contributed by atoms with van der Waals surface area (Å²) in [6.45, 7) is 1.99. The largest absolute Gasteiger partial charge is 0.373 e. The number of methoxy groups -OCH3 is 1. The first-order valence-corrected chi connectivity index (χ1v) is 5.62. The molecular formula is C12H14N4O2. The Morgan fingerprint density at radius 2 is 2.39 bits per heavy atom. The van der Waals surface area contributed by atoms with Crippen molar-refractivity contribution in [3.8, 4) is 17.7 Å². The number of hydrogen-bond acceptors (Lipinski definition) is 5. The highest BCUT2D eigenvalue weighted by Crippen LogP contribution is 2.23. The smallest absolute Gasteiger partial charge is 0.274 e. The molecule has 0 fully saturated rings. The summed E-state index contributed by atoms with van der Waals surface area (Å²) in [6.07, 6.45) is 2.32.